The van der Waals surface area contributed by atoms with Gasteiger partial charge in [-0.1, -0.05) is 18.5 Å². The Hall–Kier alpha value is -0.730. The number of rotatable bonds is 4. The predicted molar refractivity (Wildman–Crippen MR) is 80.2 cm³/mol. The Kier molecular flexibility index (Phi) is 5.21. The molecule has 1 heterocycles. The molecule has 1 aromatic rings. The Balaban J connectivity index is 2.30. The lowest BCUT2D eigenvalue weighted by molar-refractivity contribution is 0.196. The van der Waals surface area contributed by atoms with E-state index >= 15 is 0 Å². The molecule has 0 amide bonds. The highest BCUT2D eigenvalue weighted by molar-refractivity contribution is 7.89. The first-order chi connectivity index (χ1) is 9.90. The molecule has 1 aliphatic rings. The number of halogens is 2. The van der Waals surface area contributed by atoms with Crippen LogP contribution in [0.2, 0.25) is 5.02 Å². The maximum atomic E-state index is 13.8. The van der Waals surface area contributed by atoms with Crippen LogP contribution in [0.1, 0.15) is 12.5 Å². The number of piperazine rings is 1. The summed E-state index contributed by atoms with van der Waals surface area (Å²) in [6.45, 7) is 5.07. The Morgan fingerprint density at radius 1 is 1.29 bits per heavy atom. The minimum Gasteiger partial charge on any atom is -0.326 e. The molecule has 8 heteroatoms. The zero-order valence-corrected chi connectivity index (χ0v) is 13.4. The standard InChI is InChI=1S/C13H19ClFN3O2S/c1-2-17-3-5-18(6-4-17)21(19,20)11-7-10(9-16)13(14)12(15)8-11/h7-8H,2-6,9,16H2,1H3. The average molecular weight is 336 g/mol. The van der Waals surface area contributed by atoms with Crippen LogP contribution < -0.4 is 5.73 Å². The molecule has 1 fully saturated rings. The van der Waals surface area contributed by atoms with Crippen LogP contribution in [-0.4, -0.2) is 50.3 Å². The summed E-state index contributed by atoms with van der Waals surface area (Å²) in [4.78, 5) is 2.08. The molecule has 1 aliphatic heterocycles. The van der Waals surface area contributed by atoms with Gasteiger partial charge in [0.2, 0.25) is 10.0 Å². The number of likely N-dealkylation sites (N-methyl/N-ethyl adjacent to an activating group) is 1. The average Bonchev–Trinajstić information content (AvgIpc) is 2.49. The van der Waals surface area contributed by atoms with Gasteiger partial charge in [0, 0.05) is 32.7 Å². The summed E-state index contributed by atoms with van der Waals surface area (Å²) >= 11 is 5.77. The quantitative estimate of drug-likeness (QED) is 0.899. The number of nitrogens with two attached hydrogens (primary N) is 1. The summed E-state index contributed by atoms with van der Waals surface area (Å²) in [5.41, 5.74) is 5.77. The summed E-state index contributed by atoms with van der Waals surface area (Å²) in [5, 5.41) is -0.118. The Morgan fingerprint density at radius 2 is 1.90 bits per heavy atom. The number of sulfonamides is 1. The first kappa shape index (κ1) is 16.6. The van der Waals surface area contributed by atoms with Gasteiger partial charge in [0.25, 0.3) is 0 Å². The third-order valence-corrected chi connectivity index (χ3v) is 6.01. The molecule has 1 aromatic carbocycles. The van der Waals surface area contributed by atoms with Gasteiger partial charge in [-0.25, -0.2) is 12.8 Å². The van der Waals surface area contributed by atoms with Gasteiger partial charge in [-0.3, -0.25) is 0 Å². The molecule has 0 bridgehead atoms. The van der Waals surface area contributed by atoms with Crippen molar-refractivity contribution in [3.05, 3.63) is 28.5 Å². The Morgan fingerprint density at radius 3 is 2.43 bits per heavy atom. The fourth-order valence-electron chi connectivity index (χ4n) is 2.35. The summed E-state index contributed by atoms with van der Waals surface area (Å²) in [6.07, 6.45) is 0. The largest absolute Gasteiger partial charge is 0.326 e. The van der Waals surface area contributed by atoms with Gasteiger partial charge >= 0.3 is 0 Å². The highest BCUT2D eigenvalue weighted by Crippen LogP contribution is 2.26. The number of benzene rings is 1. The van der Waals surface area contributed by atoms with Gasteiger partial charge in [-0.2, -0.15) is 4.31 Å². The van der Waals surface area contributed by atoms with Crippen molar-refractivity contribution >= 4 is 21.6 Å². The second-order valence-electron chi connectivity index (χ2n) is 4.92. The Labute approximate surface area is 129 Å². The summed E-state index contributed by atoms with van der Waals surface area (Å²) < 4.78 is 40.3. The van der Waals surface area contributed by atoms with E-state index in [1.807, 2.05) is 6.92 Å². The molecule has 2 N–H and O–H groups in total. The highest BCUT2D eigenvalue weighted by Gasteiger charge is 2.29. The zero-order chi connectivity index (χ0) is 15.6. The van der Waals surface area contributed by atoms with E-state index in [1.165, 1.54) is 10.4 Å². The van der Waals surface area contributed by atoms with E-state index in [0.717, 1.165) is 12.6 Å². The molecule has 0 aliphatic carbocycles. The number of hydrogen-bond donors (Lipinski definition) is 1. The minimum atomic E-state index is -3.71. The second kappa shape index (κ2) is 6.58. The smallest absolute Gasteiger partial charge is 0.243 e. The van der Waals surface area contributed by atoms with Crippen LogP contribution in [0.5, 0.6) is 0 Å². The molecule has 0 unspecified atom stereocenters. The number of nitrogens with zero attached hydrogens (tertiary/aromatic N) is 2. The molecule has 5 nitrogen and oxygen atoms in total. The van der Waals surface area contributed by atoms with Crippen molar-refractivity contribution < 1.29 is 12.8 Å². The van der Waals surface area contributed by atoms with Gasteiger partial charge < -0.3 is 10.6 Å². The molecule has 1 saturated heterocycles. The van der Waals surface area contributed by atoms with Gasteiger partial charge in [0.05, 0.1) is 9.92 Å². The van der Waals surface area contributed by atoms with Crippen molar-refractivity contribution in [2.24, 2.45) is 5.73 Å². The minimum absolute atomic E-state index is 0.0112. The second-order valence-corrected chi connectivity index (χ2v) is 7.24. The van der Waals surface area contributed by atoms with Gasteiger partial charge in [-0.05, 0) is 24.2 Å². The van der Waals surface area contributed by atoms with Crippen LogP contribution in [0, 0.1) is 5.82 Å². The van der Waals surface area contributed by atoms with Crippen LogP contribution in [0.4, 0.5) is 4.39 Å². The lowest BCUT2D eigenvalue weighted by Crippen LogP contribution is -2.48. The van der Waals surface area contributed by atoms with Gasteiger partial charge in [0.1, 0.15) is 5.82 Å². The fraction of sp³-hybridized carbons (Fsp3) is 0.538. The molecule has 0 saturated carbocycles. The van der Waals surface area contributed by atoms with Crippen LogP contribution >= 0.6 is 11.6 Å². The van der Waals surface area contributed by atoms with E-state index < -0.39 is 15.8 Å². The molecule has 21 heavy (non-hydrogen) atoms. The summed E-state index contributed by atoms with van der Waals surface area (Å²) in [7, 11) is -3.71. The normalized spacial score (nSPS) is 18.1. The van der Waals surface area contributed by atoms with Crippen molar-refractivity contribution in [3.8, 4) is 0 Å². The molecule has 0 aromatic heterocycles. The third-order valence-electron chi connectivity index (χ3n) is 3.71. The van der Waals surface area contributed by atoms with E-state index in [-0.39, 0.29) is 16.5 Å². The summed E-state index contributed by atoms with van der Waals surface area (Å²) in [5.74, 6) is -0.759. The van der Waals surface area contributed by atoms with E-state index in [1.54, 1.807) is 0 Å². The zero-order valence-electron chi connectivity index (χ0n) is 11.8. The predicted octanol–water partition coefficient (Wildman–Crippen LogP) is 1.26. The first-order valence-corrected chi connectivity index (χ1v) is 8.62. The maximum Gasteiger partial charge on any atom is 0.243 e. The lowest BCUT2D eigenvalue weighted by atomic mass is 10.2. The highest BCUT2D eigenvalue weighted by atomic mass is 35.5. The van der Waals surface area contributed by atoms with E-state index in [4.69, 9.17) is 17.3 Å². The summed E-state index contributed by atoms with van der Waals surface area (Å²) in [6, 6.07) is 2.32. The van der Waals surface area contributed by atoms with Crippen LogP contribution in [0.25, 0.3) is 0 Å². The molecule has 2 rings (SSSR count). The molecular formula is C13H19ClFN3O2S. The van der Waals surface area contributed by atoms with Crippen LogP contribution in [-0.2, 0) is 16.6 Å². The molecule has 0 spiro atoms. The van der Waals surface area contributed by atoms with Gasteiger partial charge in [0.15, 0.2) is 0 Å². The van der Waals surface area contributed by atoms with Crippen molar-refractivity contribution in [2.75, 3.05) is 32.7 Å². The molecule has 0 radical (unpaired) electrons. The van der Waals surface area contributed by atoms with E-state index in [9.17, 15) is 12.8 Å². The third kappa shape index (κ3) is 3.37. The topological polar surface area (TPSA) is 66.6 Å². The lowest BCUT2D eigenvalue weighted by Gasteiger charge is -2.33. The Bertz CT molecular complexity index is 616. The van der Waals surface area contributed by atoms with Crippen LogP contribution in [0.15, 0.2) is 17.0 Å². The van der Waals surface area contributed by atoms with Crippen molar-refractivity contribution in [1.82, 2.24) is 9.21 Å². The fourth-order valence-corrected chi connectivity index (χ4v) is 4.02. The molecular weight excluding hydrogens is 317 g/mol. The molecule has 118 valence electrons. The van der Waals surface area contributed by atoms with Crippen molar-refractivity contribution in [1.29, 1.82) is 0 Å². The monoisotopic (exact) mass is 335 g/mol. The number of hydrogen-bond acceptors (Lipinski definition) is 4. The van der Waals surface area contributed by atoms with Gasteiger partial charge in [-0.15, -0.1) is 0 Å². The van der Waals surface area contributed by atoms with Crippen molar-refractivity contribution in [3.63, 3.8) is 0 Å². The van der Waals surface area contributed by atoms with Crippen molar-refractivity contribution in [2.45, 2.75) is 18.4 Å². The van der Waals surface area contributed by atoms with E-state index in [0.29, 0.717) is 31.7 Å². The SMILES string of the molecule is CCN1CCN(S(=O)(=O)c2cc(F)c(Cl)c(CN)c2)CC1. The molecule has 0 atom stereocenters. The van der Waals surface area contributed by atoms with Crippen LogP contribution in [0.3, 0.4) is 0 Å². The first-order valence-electron chi connectivity index (χ1n) is 6.80. The van der Waals surface area contributed by atoms with E-state index in [2.05, 4.69) is 4.90 Å². The maximum absolute atomic E-state index is 13.8.